The molecule has 1 aliphatic carbocycles. The Balaban J connectivity index is 1.91. The minimum atomic E-state index is -0.105. The zero-order valence-corrected chi connectivity index (χ0v) is 12.9. The molecule has 0 aromatic heterocycles. The van der Waals surface area contributed by atoms with Crippen LogP contribution < -0.4 is 5.73 Å². The third kappa shape index (κ3) is 3.03. The zero-order valence-electron chi connectivity index (χ0n) is 12.9. The molecule has 21 heavy (non-hydrogen) atoms. The molecule has 0 heterocycles. The van der Waals surface area contributed by atoms with Gasteiger partial charge in [-0.2, -0.15) is 0 Å². The molecule has 0 saturated heterocycles. The molecule has 0 amide bonds. The third-order valence-corrected chi connectivity index (χ3v) is 5.06. The summed E-state index contributed by atoms with van der Waals surface area (Å²) >= 11 is 0. The lowest BCUT2D eigenvalue weighted by molar-refractivity contribution is 0.249. The number of hydrogen-bond acceptors (Lipinski definition) is 1. The first-order chi connectivity index (χ1) is 10.2. The van der Waals surface area contributed by atoms with E-state index < -0.39 is 0 Å². The fraction of sp³-hybridized carbons (Fsp3) is 0.400. The van der Waals surface area contributed by atoms with Gasteiger partial charge in [-0.15, -0.1) is 0 Å². The largest absolute Gasteiger partial charge is 0.324 e. The summed E-state index contributed by atoms with van der Waals surface area (Å²) in [6.45, 7) is 2.19. The summed E-state index contributed by atoms with van der Waals surface area (Å²) in [5.74, 6) is 0.479. The smallest absolute Gasteiger partial charge is 0.0264 e. The van der Waals surface area contributed by atoms with Crippen molar-refractivity contribution in [2.24, 2.45) is 5.73 Å². The second kappa shape index (κ2) is 6.03. The molecule has 2 aromatic carbocycles. The van der Waals surface area contributed by atoms with Gasteiger partial charge < -0.3 is 5.73 Å². The minimum Gasteiger partial charge on any atom is -0.324 e. The van der Waals surface area contributed by atoms with E-state index in [-0.39, 0.29) is 5.54 Å². The minimum absolute atomic E-state index is 0.105. The maximum Gasteiger partial charge on any atom is 0.0264 e. The average molecular weight is 279 g/mol. The average Bonchev–Trinajstić information content (AvgIpc) is 2.51. The van der Waals surface area contributed by atoms with Gasteiger partial charge >= 0.3 is 0 Å². The molecule has 0 bridgehead atoms. The Labute approximate surface area is 128 Å². The SMILES string of the molecule is Cc1ccccc1CC1(N)CCCCC1c1ccccc1. The molecule has 1 aliphatic rings. The molecule has 2 unspecified atom stereocenters. The van der Waals surface area contributed by atoms with Crippen LogP contribution in [0.25, 0.3) is 0 Å². The number of hydrogen-bond donors (Lipinski definition) is 1. The van der Waals surface area contributed by atoms with Gasteiger partial charge in [0, 0.05) is 11.5 Å². The molecule has 2 atom stereocenters. The van der Waals surface area contributed by atoms with E-state index in [0.717, 1.165) is 12.8 Å². The summed E-state index contributed by atoms with van der Waals surface area (Å²) in [4.78, 5) is 0. The van der Waals surface area contributed by atoms with Crippen LogP contribution in [-0.2, 0) is 6.42 Å². The summed E-state index contributed by atoms with van der Waals surface area (Å²) in [6.07, 6.45) is 5.88. The molecule has 2 N–H and O–H groups in total. The van der Waals surface area contributed by atoms with Crippen molar-refractivity contribution >= 4 is 0 Å². The van der Waals surface area contributed by atoms with Gasteiger partial charge in [-0.3, -0.25) is 0 Å². The van der Waals surface area contributed by atoms with Crippen LogP contribution in [-0.4, -0.2) is 5.54 Å². The fourth-order valence-corrected chi connectivity index (χ4v) is 3.82. The van der Waals surface area contributed by atoms with Gasteiger partial charge in [-0.25, -0.2) is 0 Å². The highest BCUT2D eigenvalue weighted by Gasteiger charge is 2.38. The molecule has 0 aliphatic heterocycles. The highest BCUT2D eigenvalue weighted by atomic mass is 14.8. The van der Waals surface area contributed by atoms with Crippen LogP contribution >= 0.6 is 0 Å². The Hall–Kier alpha value is -1.60. The summed E-state index contributed by atoms with van der Waals surface area (Å²) in [6, 6.07) is 19.5. The van der Waals surface area contributed by atoms with Gasteiger partial charge in [0.05, 0.1) is 0 Å². The predicted octanol–water partition coefficient (Wildman–Crippen LogP) is 4.59. The Kier molecular flexibility index (Phi) is 4.12. The van der Waals surface area contributed by atoms with Crippen molar-refractivity contribution < 1.29 is 0 Å². The zero-order chi connectivity index (χ0) is 14.7. The number of nitrogens with two attached hydrogens (primary N) is 1. The normalized spacial score (nSPS) is 25.7. The Morgan fingerprint density at radius 3 is 2.48 bits per heavy atom. The van der Waals surface area contributed by atoms with Crippen LogP contribution in [0.3, 0.4) is 0 Å². The Morgan fingerprint density at radius 1 is 1.00 bits per heavy atom. The van der Waals surface area contributed by atoms with Crippen LogP contribution in [0.5, 0.6) is 0 Å². The van der Waals surface area contributed by atoms with Crippen LogP contribution in [0.2, 0.25) is 0 Å². The van der Waals surface area contributed by atoms with Gasteiger partial charge in [0.1, 0.15) is 0 Å². The molecule has 1 saturated carbocycles. The molecule has 1 fully saturated rings. The number of benzene rings is 2. The van der Waals surface area contributed by atoms with Gasteiger partial charge in [-0.05, 0) is 42.9 Å². The van der Waals surface area contributed by atoms with Gasteiger partial charge in [0.2, 0.25) is 0 Å². The predicted molar refractivity (Wildman–Crippen MR) is 89.5 cm³/mol. The fourth-order valence-electron chi connectivity index (χ4n) is 3.82. The molecule has 3 rings (SSSR count). The first-order valence-corrected chi connectivity index (χ1v) is 8.07. The molecular weight excluding hydrogens is 254 g/mol. The molecule has 2 aromatic rings. The lowest BCUT2D eigenvalue weighted by Gasteiger charge is -2.42. The number of rotatable bonds is 3. The second-order valence-electron chi connectivity index (χ2n) is 6.55. The number of aryl methyl sites for hydroxylation is 1. The van der Waals surface area contributed by atoms with Gasteiger partial charge in [0.15, 0.2) is 0 Å². The van der Waals surface area contributed by atoms with Crippen molar-refractivity contribution in [1.82, 2.24) is 0 Å². The molecule has 0 spiro atoms. The highest BCUT2D eigenvalue weighted by molar-refractivity contribution is 5.31. The van der Waals surface area contributed by atoms with E-state index in [4.69, 9.17) is 5.73 Å². The second-order valence-corrected chi connectivity index (χ2v) is 6.55. The first kappa shape index (κ1) is 14.3. The monoisotopic (exact) mass is 279 g/mol. The van der Waals surface area contributed by atoms with Crippen LogP contribution in [0.4, 0.5) is 0 Å². The van der Waals surface area contributed by atoms with E-state index in [2.05, 4.69) is 61.5 Å². The van der Waals surface area contributed by atoms with E-state index in [9.17, 15) is 0 Å². The van der Waals surface area contributed by atoms with Crippen LogP contribution in [0.15, 0.2) is 54.6 Å². The standard InChI is InChI=1S/C20H25N/c1-16-9-5-6-12-18(16)15-20(21)14-8-7-13-19(20)17-10-3-2-4-11-17/h2-6,9-12,19H,7-8,13-15,21H2,1H3. The highest BCUT2D eigenvalue weighted by Crippen LogP contribution is 2.41. The Bertz CT molecular complexity index is 590. The van der Waals surface area contributed by atoms with Crippen molar-refractivity contribution in [2.45, 2.75) is 50.5 Å². The molecular formula is C20H25N. The summed E-state index contributed by atoms with van der Waals surface area (Å²) < 4.78 is 0. The van der Waals surface area contributed by atoms with E-state index >= 15 is 0 Å². The van der Waals surface area contributed by atoms with Crippen molar-refractivity contribution in [2.75, 3.05) is 0 Å². The summed E-state index contributed by atoms with van der Waals surface area (Å²) in [7, 11) is 0. The van der Waals surface area contributed by atoms with E-state index in [1.54, 1.807) is 0 Å². The maximum absolute atomic E-state index is 6.94. The quantitative estimate of drug-likeness (QED) is 0.873. The Morgan fingerprint density at radius 2 is 1.71 bits per heavy atom. The molecule has 1 heteroatoms. The maximum atomic E-state index is 6.94. The van der Waals surface area contributed by atoms with Gasteiger partial charge in [-0.1, -0.05) is 67.4 Å². The topological polar surface area (TPSA) is 26.0 Å². The van der Waals surface area contributed by atoms with Crippen molar-refractivity contribution in [3.8, 4) is 0 Å². The lowest BCUT2D eigenvalue weighted by atomic mass is 9.67. The molecule has 110 valence electrons. The van der Waals surface area contributed by atoms with Crippen molar-refractivity contribution in [3.63, 3.8) is 0 Å². The lowest BCUT2D eigenvalue weighted by Crippen LogP contribution is -2.49. The third-order valence-electron chi connectivity index (χ3n) is 5.06. The van der Waals surface area contributed by atoms with Crippen LogP contribution in [0.1, 0.15) is 48.3 Å². The molecule has 1 nitrogen and oxygen atoms in total. The first-order valence-electron chi connectivity index (χ1n) is 8.07. The summed E-state index contributed by atoms with van der Waals surface area (Å²) in [5, 5.41) is 0. The van der Waals surface area contributed by atoms with E-state index in [1.807, 2.05) is 0 Å². The summed E-state index contributed by atoms with van der Waals surface area (Å²) in [5.41, 5.74) is 11.0. The van der Waals surface area contributed by atoms with Crippen molar-refractivity contribution in [1.29, 1.82) is 0 Å². The van der Waals surface area contributed by atoms with E-state index in [0.29, 0.717) is 5.92 Å². The van der Waals surface area contributed by atoms with Crippen LogP contribution in [0, 0.1) is 6.92 Å². The van der Waals surface area contributed by atoms with E-state index in [1.165, 1.54) is 36.0 Å². The molecule has 0 radical (unpaired) electrons. The van der Waals surface area contributed by atoms with Gasteiger partial charge in [0.25, 0.3) is 0 Å². The van der Waals surface area contributed by atoms with Crippen molar-refractivity contribution in [3.05, 3.63) is 71.3 Å².